The molecule has 4 N–H and O–H groups in total. The third-order valence-electron chi connectivity index (χ3n) is 2.94. The number of nitrogens with two attached hydrogens (primary N) is 1. The quantitative estimate of drug-likeness (QED) is 0.735. The lowest BCUT2D eigenvalue weighted by Crippen LogP contribution is -2.38. The Bertz CT molecular complexity index is 468. The average Bonchev–Trinajstić information content (AvgIpc) is 2.38. The van der Waals surface area contributed by atoms with Crippen LogP contribution in [0.25, 0.3) is 0 Å². The van der Waals surface area contributed by atoms with Crippen LogP contribution in [0, 0.1) is 0 Å². The molecule has 2 rings (SSSR count). The molecule has 1 aliphatic carbocycles. The minimum absolute atomic E-state index is 0.197. The Hall–Kier alpha value is -1.68. The minimum atomic E-state index is -0.197. The lowest BCUT2D eigenvalue weighted by atomic mass is 10.0. The van der Waals surface area contributed by atoms with Gasteiger partial charge < -0.3 is 11.2 Å². The number of rotatable bonds is 3. The monoisotopic (exact) mass is 265 g/mol. The lowest BCUT2D eigenvalue weighted by molar-refractivity contribution is 0.0938. The van der Waals surface area contributed by atoms with Gasteiger partial charge in [0.2, 0.25) is 0 Å². The van der Waals surface area contributed by atoms with E-state index >= 15 is 0 Å². The van der Waals surface area contributed by atoms with E-state index in [0.29, 0.717) is 10.6 Å². The molecule has 1 amide bonds. The van der Waals surface area contributed by atoms with E-state index in [1.165, 1.54) is 0 Å². The molecular weight excluding hydrogens is 250 g/mol. The van der Waals surface area contributed by atoms with Crippen LogP contribution in [0.2, 0.25) is 5.02 Å². The molecule has 0 aliphatic heterocycles. The molecule has 0 heterocycles. The molecule has 0 spiro atoms. The number of carbonyl (C=O) groups is 1. The highest BCUT2D eigenvalue weighted by molar-refractivity contribution is 6.30. The van der Waals surface area contributed by atoms with Crippen molar-refractivity contribution in [2.45, 2.75) is 25.7 Å². The van der Waals surface area contributed by atoms with Gasteiger partial charge in [-0.25, -0.2) is 0 Å². The van der Waals surface area contributed by atoms with Crippen molar-refractivity contribution >= 4 is 17.5 Å². The van der Waals surface area contributed by atoms with Gasteiger partial charge in [-0.2, -0.15) is 0 Å². The first-order chi connectivity index (χ1) is 8.66. The number of allylic oxidation sites excluding steroid dienone is 2. The SMILES string of the molecule is NC1=C(NNC(=O)c2ccc(Cl)cc2)CCCC1. The maximum atomic E-state index is 11.8. The van der Waals surface area contributed by atoms with E-state index in [0.717, 1.165) is 37.1 Å². The van der Waals surface area contributed by atoms with Gasteiger partial charge in [0.05, 0.1) is 5.70 Å². The fraction of sp³-hybridized carbons (Fsp3) is 0.308. The van der Waals surface area contributed by atoms with Crippen LogP contribution in [-0.2, 0) is 0 Å². The van der Waals surface area contributed by atoms with E-state index in [1.54, 1.807) is 24.3 Å². The molecule has 1 aromatic rings. The summed E-state index contributed by atoms with van der Waals surface area (Å²) in [4.78, 5) is 11.8. The Labute approximate surface area is 111 Å². The summed E-state index contributed by atoms with van der Waals surface area (Å²) in [6.45, 7) is 0. The molecule has 1 aromatic carbocycles. The van der Waals surface area contributed by atoms with Gasteiger partial charge in [-0.15, -0.1) is 0 Å². The molecule has 0 fully saturated rings. The second kappa shape index (κ2) is 5.78. The third-order valence-corrected chi connectivity index (χ3v) is 3.20. The molecule has 0 unspecified atom stereocenters. The van der Waals surface area contributed by atoms with Crippen molar-refractivity contribution in [3.8, 4) is 0 Å². The number of hydrazine groups is 1. The van der Waals surface area contributed by atoms with E-state index in [4.69, 9.17) is 17.3 Å². The number of hydrogen-bond acceptors (Lipinski definition) is 3. The highest BCUT2D eigenvalue weighted by Crippen LogP contribution is 2.18. The van der Waals surface area contributed by atoms with Gasteiger partial charge in [0, 0.05) is 16.3 Å². The predicted molar refractivity (Wildman–Crippen MR) is 71.7 cm³/mol. The summed E-state index contributed by atoms with van der Waals surface area (Å²) in [6.07, 6.45) is 3.98. The van der Waals surface area contributed by atoms with Gasteiger partial charge in [-0.05, 0) is 49.9 Å². The smallest absolute Gasteiger partial charge is 0.269 e. The van der Waals surface area contributed by atoms with Gasteiger partial charge in [0.25, 0.3) is 5.91 Å². The fourth-order valence-corrected chi connectivity index (χ4v) is 2.00. The Morgan fingerprint density at radius 2 is 1.83 bits per heavy atom. The normalized spacial score (nSPS) is 15.4. The highest BCUT2D eigenvalue weighted by Gasteiger charge is 2.11. The first kappa shape index (κ1) is 12.8. The summed E-state index contributed by atoms with van der Waals surface area (Å²) in [5.41, 5.74) is 13.7. The summed E-state index contributed by atoms with van der Waals surface area (Å²) in [5, 5.41) is 0.610. The molecule has 1 aliphatic rings. The Morgan fingerprint density at radius 3 is 2.50 bits per heavy atom. The molecule has 0 saturated heterocycles. The van der Waals surface area contributed by atoms with Gasteiger partial charge in [0.15, 0.2) is 0 Å². The zero-order valence-corrected chi connectivity index (χ0v) is 10.8. The molecule has 18 heavy (non-hydrogen) atoms. The fourth-order valence-electron chi connectivity index (χ4n) is 1.88. The summed E-state index contributed by atoms with van der Waals surface area (Å²) in [7, 11) is 0. The number of halogens is 1. The molecule has 96 valence electrons. The summed E-state index contributed by atoms with van der Waals surface area (Å²) in [5.74, 6) is -0.197. The third kappa shape index (κ3) is 3.17. The highest BCUT2D eigenvalue weighted by atomic mass is 35.5. The van der Waals surface area contributed by atoms with Crippen LogP contribution >= 0.6 is 11.6 Å². The van der Waals surface area contributed by atoms with E-state index in [1.807, 2.05) is 0 Å². The van der Waals surface area contributed by atoms with Gasteiger partial charge in [-0.3, -0.25) is 10.2 Å². The average molecular weight is 266 g/mol. The maximum absolute atomic E-state index is 11.8. The number of carbonyl (C=O) groups excluding carboxylic acids is 1. The summed E-state index contributed by atoms with van der Waals surface area (Å²) in [6, 6.07) is 6.73. The Morgan fingerprint density at radius 1 is 1.17 bits per heavy atom. The van der Waals surface area contributed by atoms with Gasteiger partial charge >= 0.3 is 0 Å². The Balaban J connectivity index is 1.94. The van der Waals surface area contributed by atoms with E-state index in [9.17, 15) is 4.79 Å². The van der Waals surface area contributed by atoms with Crippen LogP contribution in [0.4, 0.5) is 0 Å². The van der Waals surface area contributed by atoms with Gasteiger partial charge in [0.1, 0.15) is 0 Å². The molecule has 0 atom stereocenters. The van der Waals surface area contributed by atoms with E-state index in [2.05, 4.69) is 10.9 Å². The van der Waals surface area contributed by atoms with Crippen LogP contribution in [0.3, 0.4) is 0 Å². The topological polar surface area (TPSA) is 67.2 Å². The minimum Gasteiger partial charge on any atom is -0.401 e. The van der Waals surface area contributed by atoms with Crippen molar-refractivity contribution in [1.82, 2.24) is 10.9 Å². The first-order valence-electron chi connectivity index (χ1n) is 5.96. The van der Waals surface area contributed by atoms with Gasteiger partial charge in [-0.1, -0.05) is 11.6 Å². The van der Waals surface area contributed by atoms with Crippen molar-refractivity contribution < 1.29 is 4.79 Å². The van der Waals surface area contributed by atoms with Crippen molar-refractivity contribution in [3.63, 3.8) is 0 Å². The molecule has 5 heteroatoms. The van der Waals surface area contributed by atoms with Crippen LogP contribution in [-0.4, -0.2) is 5.91 Å². The summed E-state index contributed by atoms with van der Waals surface area (Å²) >= 11 is 5.76. The molecule has 0 bridgehead atoms. The first-order valence-corrected chi connectivity index (χ1v) is 6.34. The largest absolute Gasteiger partial charge is 0.401 e. The van der Waals surface area contributed by atoms with Crippen molar-refractivity contribution in [3.05, 3.63) is 46.2 Å². The predicted octanol–water partition coefficient (Wildman–Crippen LogP) is 2.32. The Kier molecular flexibility index (Phi) is 4.10. The van der Waals surface area contributed by atoms with Crippen LogP contribution in [0.1, 0.15) is 36.0 Å². The molecule has 0 aromatic heterocycles. The zero-order valence-electron chi connectivity index (χ0n) is 10.0. The summed E-state index contributed by atoms with van der Waals surface area (Å²) < 4.78 is 0. The number of amides is 1. The molecule has 4 nitrogen and oxygen atoms in total. The molecule has 0 saturated carbocycles. The second-order valence-electron chi connectivity index (χ2n) is 4.30. The van der Waals surface area contributed by atoms with Crippen LogP contribution in [0.15, 0.2) is 35.7 Å². The number of hydrogen-bond donors (Lipinski definition) is 3. The van der Waals surface area contributed by atoms with E-state index < -0.39 is 0 Å². The van der Waals surface area contributed by atoms with Crippen molar-refractivity contribution in [1.29, 1.82) is 0 Å². The van der Waals surface area contributed by atoms with E-state index in [-0.39, 0.29) is 5.91 Å². The van der Waals surface area contributed by atoms with Crippen molar-refractivity contribution in [2.75, 3.05) is 0 Å². The second-order valence-corrected chi connectivity index (χ2v) is 4.73. The lowest BCUT2D eigenvalue weighted by Gasteiger charge is -2.19. The van der Waals surface area contributed by atoms with Crippen molar-refractivity contribution in [2.24, 2.45) is 5.73 Å². The zero-order chi connectivity index (χ0) is 13.0. The standard InChI is InChI=1S/C13H16ClN3O/c14-10-7-5-9(6-8-10)13(18)17-16-12-4-2-1-3-11(12)15/h5-8,16H,1-4,15H2,(H,17,18). The number of nitrogens with one attached hydrogen (secondary N) is 2. The molecule has 0 radical (unpaired) electrons. The number of benzene rings is 1. The van der Waals surface area contributed by atoms with Crippen LogP contribution in [0.5, 0.6) is 0 Å². The molecular formula is C13H16ClN3O. The maximum Gasteiger partial charge on any atom is 0.269 e. The van der Waals surface area contributed by atoms with Crippen LogP contribution < -0.4 is 16.6 Å².